The zero-order chi connectivity index (χ0) is 21.0. The maximum Gasteiger partial charge on any atom is 0.330 e. The van der Waals surface area contributed by atoms with Gasteiger partial charge in [-0.25, -0.2) is 4.79 Å². The third kappa shape index (κ3) is 4.29. The predicted octanol–water partition coefficient (Wildman–Crippen LogP) is 0.814. The van der Waals surface area contributed by atoms with E-state index in [9.17, 15) is 14.7 Å². The van der Waals surface area contributed by atoms with Gasteiger partial charge in [-0.05, 0) is 18.1 Å². The SMILES string of the molecule is [2H]OC[C@H]1O[C@@H](n2ccc(=O)[nH]c2=O)[C@@H](O[Si](C)(C)C(C)(C)C)C1O.[3H]C. The van der Waals surface area contributed by atoms with Gasteiger partial charge in [-0.15, -0.1) is 0 Å². The number of aromatic amines is 1. The Labute approximate surface area is 151 Å². The van der Waals surface area contributed by atoms with Gasteiger partial charge in [-0.3, -0.25) is 14.3 Å². The Hall–Kier alpha value is -1.26. The van der Waals surface area contributed by atoms with E-state index >= 15 is 0 Å². The molecule has 1 aliphatic heterocycles. The maximum atomic E-state index is 12.1. The molecule has 8 nitrogen and oxygen atoms in total. The van der Waals surface area contributed by atoms with Crippen LogP contribution in [-0.4, -0.2) is 54.4 Å². The Bertz CT molecular complexity index is 718. The highest BCUT2D eigenvalue weighted by Crippen LogP contribution is 2.41. The minimum Gasteiger partial charge on any atom is -0.407 e. The van der Waals surface area contributed by atoms with Crippen LogP contribution >= 0.6 is 0 Å². The third-order valence-corrected chi connectivity index (χ3v) is 9.31. The van der Waals surface area contributed by atoms with Crippen molar-refractivity contribution < 1.29 is 20.7 Å². The van der Waals surface area contributed by atoms with Gasteiger partial charge in [-0.1, -0.05) is 28.2 Å². The first kappa shape index (κ1) is 18.5. The van der Waals surface area contributed by atoms with Crippen molar-refractivity contribution in [1.82, 2.24) is 9.55 Å². The van der Waals surface area contributed by atoms with Crippen molar-refractivity contribution in [1.29, 1.82) is 1.43 Å². The van der Waals surface area contributed by atoms with E-state index in [1.807, 2.05) is 13.1 Å². The normalized spacial score (nSPS) is 28.0. The molecule has 1 aliphatic rings. The second-order valence-electron chi connectivity index (χ2n) is 7.58. The smallest absolute Gasteiger partial charge is 0.330 e. The van der Waals surface area contributed by atoms with Crippen molar-refractivity contribution in [3.8, 4) is 0 Å². The van der Waals surface area contributed by atoms with Crippen LogP contribution in [0.25, 0.3) is 0 Å². The zero-order valence-electron chi connectivity index (χ0n) is 17.6. The van der Waals surface area contributed by atoms with E-state index in [4.69, 9.17) is 12.0 Å². The summed E-state index contributed by atoms with van der Waals surface area (Å²) in [6, 6.07) is 1.20. The molecule has 4 atom stereocenters. The highest BCUT2D eigenvalue weighted by Gasteiger charge is 2.50. The van der Waals surface area contributed by atoms with Gasteiger partial charge >= 0.3 is 5.69 Å². The fraction of sp³-hybridized carbons (Fsp3) is 0.750. The molecule has 0 aromatic carbocycles. The second-order valence-corrected chi connectivity index (χ2v) is 12.3. The third-order valence-electron chi connectivity index (χ3n) is 4.84. The van der Waals surface area contributed by atoms with E-state index in [2.05, 4.69) is 30.9 Å². The van der Waals surface area contributed by atoms with Crippen molar-refractivity contribution in [2.24, 2.45) is 0 Å². The zero-order valence-corrected chi connectivity index (χ0v) is 16.6. The quantitative estimate of drug-likeness (QED) is 0.655. The summed E-state index contributed by atoms with van der Waals surface area (Å²) in [4.78, 5) is 25.6. The van der Waals surface area contributed by atoms with Crippen molar-refractivity contribution in [2.75, 3.05) is 6.61 Å². The first-order valence-corrected chi connectivity index (χ1v) is 10.8. The molecule has 3 N–H and O–H groups in total. The fourth-order valence-corrected chi connectivity index (χ4v) is 3.64. The average molecular weight is 378 g/mol. The second kappa shape index (κ2) is 7.54. The van der Waals surface area contributed by atoms with E-state index in [-0.39, 0.29) is 11.6 Å². The van der Waals surface area contributed by atoms with Crippen molar-refractivity contribution in [3.63, 3.8) is 0 Å². The molecule has 2 rings (SSSR count). The molecule has 1 fully saturated rings. The van der Waals surface area contributed by atoms with E-state index in [0.717, 1.165) is 0 Å². The van der Waals surface area contributed by atoms with Crippen molar-refractivity contribution in [3.05, 3.63) is 33.1 Å². The van der Waals surface area contributed by atoms with E-state index < -0.39 is 44.1 Å². The standard InChI is InChI=1S/C15H26N2O6Si.CH4/c1-15(2,3)24(4,5)23-12-11(20)9(8-18)22-13(12)17-7-6-10(19)16-14(17)21;/h6-7,9,11-13,18,20H,8H2,1-5H3,(H,16,19,21);1H4/t9-,11?,12+,13-;/m1./s1/i18D;1T. The minimum atomic E-state index is -2.28. The van der Waals surface area contributed by atoms with Crippen LogP contribution in [0.15, 0.2) is 21.9 Å². The topological polar surface area (TPSA) is 114 Å². The molecule has 0 aliphatic carbocycles. The maximum absolute atomic E-state index is 12.1. The average Bonchev–Trinajstić information content (AvgIpc) is 2.85. The number of nitrogens with zero attached hydrogens (tertiary/aromatic N) is 1. The van der Waals surface area contributed by atoms with E-state index in [1.165, 1.54) is 24.2 Å². The number of ether oxygens (including phenoxy) is 1. The number of aromatic nitrogens is 2. The summed E-state index contributed by atoms with van der Waals surface area (Å²) in [6.07, 6.45) is -2.30. The summed E-state index contributed by atoms with van der Waals surface area (Å²) in [5.41, 5.74) is -1.17. The van der Waals surface area contributed by atoms with Gasteiger partial charge in [0.2, 0.25) is 1.43 Å². The molecule has 1 aromatic rings. The van der Waals surface area contributed by atoms with Crippen LogP contribution in [0.4, 0.5) is 0 Å². The number of hydrogen-bond acceptors (Lipinski definition) is 6. The van der Waals surface area contributed by atoms with Gasteiger partial charge in [0, 0.05) is 13.6 Å². The Balaban J connectivity index is 0.00000176. The number of hydrogen-bond donors (Lipinski definition) is 3. The lowest BCUT2D eigenvalue weighted by Crippen LogP contribution is -2.49. The molecule has 144 valence electrons. The Kier molecular flexibility index (Phi) is 5.59. The number of H-pyrrole nitrogens is 1. The van der Waals surface area contributed by atoms with Crippen LogP contribution < -0.4 is 11.2 Å². The molecule has 9 heteroatoms. The van der Waals surface area contributed by atoms with Gasteiger partial charge in [0.05, 0.1) is 6.61 Å². The molecule has 1 saturated heterocycles. The van der Waals surface area contributed by atoms with Crippen LogP contribution in [-0.2, 0) is 9.16 Å². The van der Waals surface area contributed by atoms with Crippen LogP contribution in [0.5, 0.6) is 0 Å². The summed E-state index contributed by atoms with van der Waals surface area (Å²) in [5, 5.41) is 14.8. The number of aliphatic hydroxyl groups is 2. The number of nitrogens with one attached hydrogen (secondary N) is 1. The largest absolute Gasteiger partial charge is 0.407 e. The van der Waals surface area contributed by atoms with Crippen molar-refractivity contribution in [2.45, 2.75) is 70.8 Å². The highest BCUT2D eigenvalue weighted by molar-refractivity contribution is 6.74. The Morgan fingerprint density at radius 1 is 1.52 bits per heavy atom. The summed E-state index contributed by atoms with van der Waals surface area (Å²) >= 11 is 0. The summed E-state index contributed by atoms with van der Waals surface area (Å²) in [5.74, 6) is 0. The van der Waals surface area contributed by atoms with Crippen LogP contribution in [0.2, 0.25) is 18.1 Å². The monoisotopic (exact) mass is 377 g/mol. The number of aliphatic hydroxyl groups excluding tert-OH is 2. The van der Waals surface area contributed by atoms with Gasteiger partial charge < -0.3 is 19.4 Å². The molecule has 2 heterocycles. The van der Waals surface area contributed by atoms with Gasteiger partial charge in [0.25, 0.3) is 5.56 Å². The molecule has 0 radical (unpaired) electrons. The molecule has 1 aromatic heterocycles. The van der Waals surface area contributed by atoms with Crippen molar-refractivity contribution >= 4 is 8.32 Å². The highest BCUT2D eigenvalue weighted by atomic mass is 28.4. The lowest BCUT2D eigenvalue weighted by atomic mass is 10.1. The minimum absolute atomic E-state index is 0.114. The van der Waals surface area contributed by atoms with Crippen LogP contribution in [0, 0.1) is 0 Å². The molecular weight excluding hydrogens is 344 g/mol. The fourth-order valence-electron chi connectivity index (χ4n) is 2.35. The molecule has 0 amide bonds. The molecule has 0 bridgehead atoms. The molecule has 25 heavy (non-hydrogen) atoms. The van der Waals surface area contributed by atoms with Gasteiger partial charge in [0.15, 0.2) is 14.5 Å². The first-order chi connectivity index (χ1) is 12.5. The lowest BCUT2D eigenvalue weighted by molar-refractivity contribution is -0.0534. The van der Waals surface area contributed by atoms with Crippen LogP contribution in [0.1, 0.15) is 35.8 Å². The van der Waals surface area contributed by atoms with Crippen LogP contribution in [0.3, 0.4) is 0 Å². The summed E-state index contributed by atoms with van der Waals surface area (Å²) in [7, 11) is -1.03. The number of rotatable bonds is 5. The van der Waals surface area contributed by atoms with Gasteiger partial charge in [-0.2, -0.15) is 0 Å². The molecule has 0 saturated carbocycles. The summed E-state index contributed by atoms with van der Waals surface area (Å²) < 4.78 is 25.9. The molecular formula is C16H30N2O6Si. The first-order valence-electron chi connectivity index (χ1n) is 9.29. The summed E-state index contributed by atoms with van der Waals surface area (Å²) in [6.45, 7) is 10.1. The predicted molar refractivity (Wildman–Crippen MR) is 97.1 cm³/mol. The Morgan fingerprint density at radius 3 is 2.68 bits per heavy atom. The molecule has 0 spiro atoms. The van der Waals surface area contributed by atoms with Gasteiger partial charge in [0.1, 0.15) is 18.3 Å². The van der Waals surface area contributed by atoms with E-state index in [0.29, 0.717) is 0 Å². The molecule has 1 unspecified atom stereocenters. The van der Waals surface area contributed by atoms with E-state index in [1.54, 1.807) is 0 Å². The Morgan fingerprint density at radius 2 is 2.16 bits per heavy atom. The lowest BCUT2D eigenvalue weighted by Gasteiger charge is -2.40.